The second-order valence-corrected chi connectivity index (χ2v) is 10.4. The van der Waals surface area contributed by atoms with E-state index in [4.69, 9.17) is 9.47 Å². The summed E-state index contributed by atoms with van der Waals surface area (Å²) < 4.78 is 26.0. The molecule has 0 aliphatic carbocycles. The lowest BCUT2D eigenvalue weighted by Gasteiger charge is -2.54. The van der Waals surface area contributed by atoms with Gasteiger partial charge in [-0.2, -0.15) is 0 Å². The Hall–Kier alpha value is -3.47. The van der Waals surface area contributed by atoms with Crippen LogP contribution < -0.4 is 9.64 Å². The molecule has 10 nitrogen and oxygen atoms in total. The van der Waals surface area contributed by atoms with E-state index in [1.54, 1.807) is 11.1 Å². The summed E-state index contributed by atoms with van der Waals surface area (Å²) in [6, 6.07) is 3.76. The van der Waals surface area contributed by atoms with Crippen molar-refractivity contribution in [2.45, 2.75) is 45.2 Å². The lowest BCUT2D eigenvalue weighted by atomic mass is 9.72. The highest BCUT2D eigenvalue weighted by Crippen LogP contribution is 2.45. The maximum absolute atomic E-state index is 14.3. The number of ether oxygens (including phenoxy) is 2. The van der Waals surface area contributed by atoms with Gasteiger partial charge in [-0.1, -0.05) is 0 Å². The average Bonchev–Trinajstić information content (AvgIpc) is 3.38. The van der Waals surface area contributed by atoms with Crippen molar-refractivity contribution in [1.82, 2.24) is 19.8 Å². The Balaban J connectivity index is 1.35. The van der Waals surface area contributed by atoms with E-state index in [1.165, 1.54) is 29.4 Å². The van der Waals surface area contributed by atoms with Gasteiger partial charge in [0.05, 0.1) is 24.4 Å². The van der Waals surface area contributed by atoms with Gasteiger partial charge in [0.2, 0.25) is 0 Å². The zero-order chi connectivity index (χ0) is 26.2. The van der Waals surface area contributed by atoms with E-state index >= 15 is 0 Å². The second-order valence-electron chi connectivity index (χ2n) is 10.4. The third-order valence-corrected chi connectivity index (χ3v) is 7.59. The second kappa shape index (κ2) is 10.1. The van der Waals surface area contributed by atoms with Gasteiger partial charge in [-0.05, 0) is 51.3 Å². The largest absolute Gasteiger partial charge is 0.465 e. The molecule has 37 heavy (non-hydrogen) atoms. The first-order valence-corrected chi connectivity index (χ1v) is 12.7. The van der Waals surface area contributed by atoms with E-state index in [9.17, 15) is 19.1 Å². The number of hydrogen-bond acceptors (Lipinski definition) is 7. The smallest absolute Gasteiger partial charge is 0.407 e. The number of benzene rings is 1. The first-order chi connectivity index (χ1) is 17.8. The summed E-state index contributed by atoms with van der Waals surface area (Å²) in [6.45, 7) is 7.40. The number of carbonyl (C=O) groups excluding carboxylic acids is 1. The quantitative estimate of drug-likeness (QED) is 0.624. The maximum atomic E-state index is 14.3. The average molecular weight is 514 g/mol. The lowest BCUT2D eigenvalue weighted by molar-refractivity contribution is 0.0578. The Kier molecular flexibility index (Phi) is 6.89. The zero-order valence-electron chi connectivity index (χ0n) is 21.1. The van der Waals surface area contributed by atoms with Crippen LogP contribution in [0.2, 0.25) is 0 Å². The number of likely N-dealkylation sites (tertiary alicyclic amines) is 1. The van der Waals surface area contributed by atoms with Crippen molar-refractivity contribution in [3.05, 3.63) is 42.1 Å². The first-order valence-electron chi connectivity index (χ1n) is 12.7. The molecule has 0 bridgehead atoms. The van der Waals surface area contributed by atoms with E-state index in [0.29, 0.717) is 37.9 Å². The molecule has 1 aromatic carbocycles. The normalized spacial score (nSPS) is 20.7. The van der Waals surface area contributed by atoms with Crippen LogP contribution in [0.15, 0.2) is 30.7 Å². The fourth-order valence-electron chi connectivity index (χ4n) is 5.60. The minimum Gasteiger partial charge on any atom is -0.465 e. The fraction of sp³-hybridized carbons (Fsp3) is 0.538. The van der Waals surface area contributed by atoms with Gasteiger partial charge < -0.3 is 29.3 Å². The van der Waals surface area contributed by atoms with Crippen LogP contribution >= 0.6 is 0 Å². The summed E-state index contributed by atoms with van der Waals surface area (Å²) in [4.78, 5) is 38.7. The van der Waals surface area contributed by atoms with Crippen molar-refractivity contribution in [2.75, 3.05) is 44.3 Å². The van der Waals surface area contributed by atoms with Crippen LogP contribution in [0.1, 0.15) is 43.5 Å². The predicted octanol–water partition coefficient (Wildman–Crippen LogP) is 3.63. The van der Waals surface area contributed by atoms with E-state index in [0.717, 1.165) is 32.4 Å². The number of aromatic nitrogens is 2. The third kappa shape index (κ3) is 5.04. The van der Waals surface area contributed by atoms with Gasteiger partial charge in [0.1, 0.15) is 17.9 Å². The molecular formula is C26H32FN5O5. The number of rotatable bonds is 6. The van der Waals surface area contributed by atoms with Crippen molar-refractivity contribution >= 4 is 17.8 Å². The highest BCUT2D eigenvalue weighted by molar-refractivity contribution is 5.97. The number of anilines is 1. The summed E-state index contributed by atoms with van der Waals surface area (Å²) in [5, 5.41) is 9.24. The minimum absolute atomic E-state index is 0.0479. The summed E-state index contributed by atoms with van der Waals surface area (Å²) in [5.74, 6) is 0.364. The van der Waals surface area contributed by atoms with Crippen molar-refractivity contribution in [3.8, 4) is 11.5 Å². The number of halogens is 1. The van der Waals surface area contributed by atoms with Crippen LogP contribution in [0, 0.1) is 11.2 Å². The molecule has 3 fully saturated rings. The molecule has 2 amide bonds. The summed E-state index contributed by atoms with van der Waals surface area (Å²) in [5.41, 5.74) is 0.184. The number of hydrogen-bond donors (Lipinski definition) is 1. The van der Waals surface area contributed by atoms with Crippen molar-refractivity contribution in [2.24, 2.45) is 5.41 Å². The summed E-state index contributed by atoms with van der Waals surface area (Å²) in [6.07, 6.45) is 4.43. The molecule has 3 saturated heterocycles. The molecule has 198 valence electrons. The molecule has 1 unspecified atom stereocenters. The van der Waals surface area contributed by atoms with Crippen molar-refractivity contribution < 1.29 is 28.6 Å². The van der Waals surface area contributed by atoms with Crippen molar-refractivity contribution in [3.63, 3.8) is 0 Å². The Morgan fingerprint density at radius 3 is 2.65 bits per heavy atom. The van der Waals surface area contributed by atoms with Crippen LogP contribution in [0.25, 0.3) is 0 Å². The van der Waals surface area contributed by atoms with E-state index < -0.39 is 11.9 Å². The highest BCUT2D eigenvalue weighted by atomic mass is 19.1. The van der Waals surface area contributed by atoms with Gasteiger partial charge in [-0.3, -0.25) is 4.79 Å². The summed E-state index contributed by atoms with van der Waals surface area (Å²) >= 11 is 0. The van der Waals surface area contributed by atoms with Gasteiger partial charge in [0.15, 0.2) is 11.6 Å². The Morgan fingerprint density at radius 1 is 1.24 bits per heavy atom. The molecule has 2 aromatic rings. The Labute approximate surface area is 215 Å². The minimum atomic E-state index is -0.876. The fourth-order valence-corrected chi connectivity index (χ4v) is 5.60. The number of nitrogens with zero attached hydrogens (tertiary/aromatic N) is 5. The van der Waals surface area contributed by atoms with Crippen molar-refractivity contribution in [1.29, 1.82) is 0 Å². The van der Waals surface area contributed by atoms with Crippen LogP contribution in [-0.2, 0) is 4.74 Å². The molecule has 1 spiro atoms. The number of piperidine rings is 1. The topological polar surface area (TPSA) is 108 Å². The molecule has 1 N–H and O–H groups in total. The van der Waals surface area contributed by atoms with Crippen LogP contribution in [0.4, 0.5) is 15.0 Å². The van der Waals surface area contributed by atoms with E-state index in [1.807, 2.05) is 13.8 Å². The van der Waals surface area contributed by atoms with Crippen LogP contribution in [0.3, 0.4) is 0 Å². The lowest BCUT2D eigenvalue weighted by Crippen LogP contribution is -2.61. The summed E-state index contributed by atoms with van der Waals surface area (Å²) in [7, 11) is 0. The molecular weight excluding hydrogens is 481 g/mol. The SMILES string of the molecule is CC(C)N(C(=O)c1cc(F)ccc1Oc1cncnc1N1CC2(CCN(C(=O)O)CC2)C1)C1CCOC1. The van der Waals surface area contributed by atoms with Crippen LogP contribution in [0.5, 0.6) is 11.5 Å². The van der Waals surface area contributed by atoms with Gasteiger partial charge >= 0.3 is 6.09 Å². The molecule has 4 heterocycles. The molecule has 5 rings (SSSR count). The number of carboxylic acid groups (broad SMARTS) is 1. The molecule has 3 aliphatic rings. The molecule has 1 atom stereocenters. The number of amides is 2. The van der Waals surface area contributed by atoms with E-state index in [2.05, 4.69) is 14.9 Å². The van der Waals surface area contributed by atoms with Gasteiger partial charge in [0, 0.05) is 44.2 Å². The molecule has 11 heteroatoms. The van der Waals surface area contributed by atoms with Gasteiger partial charge in [0.25, 0.3) is 5.91 Å². The predicted molar refractivity (Wildman–Crippen MR) is 133 cm³/mol. The van der Waals surface area contributed by atoms with Gasteiger partial charge in [-0.15, -0.1) is 0 Å². The number of carbonyl (C=O) groups is 2. The van der Waals surface area contributed by atoms with Gasteiger partial charge in [-0.25, -0.2) is 19.2 Å². The molecule has 3 aliphatic heterocycles. The first kappa shape index (κ1) is 25.2. The third-order valence-electron chi connectivity index (χ3n) is 7.59. The standard InChI is InChI=1S/C26H32FN5O5/c1-17(2)32(19-5-10-36-13-19)24(33)20-11-18(27)3-4-21(20)37-22-12-28-16-29-23(22)31-14-26(15-31)6-8-30(9-7-26)25(34)35/h3-4,11-12,16-17,19H,5-10,13-15H2,1-2H3,(H,34,35). The molecule has 1 aromatic heterocycles. The molecule has 0 saturated carbocycles. The monoisotopic (exact) mass is 513 g/mol. The zero-order valence-corrected chi connectivity index (χ0v) is 21.1. The Bertz CT molecular complexity index is 1160. The Morgan fingerprint density at radius 2 is 2.00 bits per heavy atom. The maximum Gasteiger partial charge on any atom is 0.407 e. The van der Waals surface area contributed by atoms with E-state index in [-0.39, 0.29) is 34.7 Å². The molecule has 0 radical (unpaired) electrons. The highest BCUT2D eigenvalue weighted by Gasteiger charge is 2.46. The van der Waals surface area contributed by atoms with Crippen LogP contribution in [-0.4, -0.2) is 88.4 Å².